The number of carbonyl (C=O) groups is 1. The molecule has 0 aromatic heterocycles. The lowest BCUT2D eigenvalue weighted by Crippen LogP contribution is -2.39. The van der Waals surface area contributed by atoms with Crippen LogP contribution in [-0.2, 0) is 14.8 Å². The van der Waals surface area contributed by atoms with Crippen LogP contribution in [0.4, 0.5) is 5.69 Å². The average molecular weight is 348 g/mol. The number of hydrogen-bond acceptors (Lipinski definition) is 4. The number of nitrogens with two attached hydrogens (primary N) is 1. The van der Waals surface area contributed by atoms with Gasteiger partial charge in [-0.1, -0.05) is 6.42 Å². The van der Waals surface area contributed by atoms with Crippen molar-refractivity contribution in [2.24, 2.45) is 11.7 Å². The molecule has 1 aliphatic carbocycles. The summed E-state index contributed by atoms with van der Waals surface area (Å²) in [6.07, 6.45) is 2.78. The largest absolute Gasteiger partial charge is 0.330 e. The lowest BCUT2D eigenvalue weighted by molar-refractivity contribution is -0.114. The predicted octanol–water partition coefficient (Wildman–Crippen LogP) is 1.47. The number of hydrogen-bond donors (Lipinski definition) is 3. The van der Waals surface area contributed by atoms with Crippen LogP contribution in [0.25, 0.3) is 0 Å². The summed E-state index contributed by atoms with van der Waals surface area (Å²) in [5, 5.41) is 2.60. The van der Waals surface area contributed by atoms with Crippen LogP contribution in [0.1, 0.15) is 26.2 Å². The van der Waals surface area contributed by atoms with Crippen LogP contribution in [0.2, 0.25) is 0 Å². The molecule has 124 valence electrons. The van der Waals surface area contributed by atoms with Crippen molar-refractivity contribution < 1.29 is 13.2 Å². The molecular formula is C14H22ClN3O3S. The van der Waals surface area contributed by atoms with Gasteiger partial charge in [0.25, 0.3) is 0 Å². The normalized spacial score (nSPS) is 21.2. The number of carbonyl (C=O) groups excluding carboxylic acids is 1. The maximum absolute atomic E-state index is 12.3. The molecule has 1 fully saturated rings. The first kappa shape index (κ1) is 18.9. The van der Waals surface area contributed by atoms with Gasteiger partial charge in [-0.05, 0) is 49.6 Å². The van der Waals surface area contributed by atoms with Crippen LogP contribution in [0.3, 0.4) is 0 Å². The summed E-state index contributed by atoms with van der Waals surface area (Å²) >= 11 is 0. The van der Waals surface area contributed by atoms with E-state index in [0.29, 0.717) is 12.2 Å². The third-order valence-corrected chi connectivity index (χ3v) is 5.26. The third-order valence-electron chi connectivity index (χ3n) is 3.75. The number of sulfonamides is 1. The molecule has 0 aliphatic heterocycles. The Balaban J connectivity index is 0.00000242. The second kappa shape index (κ2) is 7.92. The number of anilines is 1. The van der Waals surface area contributed by atoms with Gasteiger partial charge in [0.1, 0.15) is 0 Å². The first-order valence-corrected chi connectivity index (χ1v) is 8.51. The molecule has 2 atom stereocenters. The van der Waals surface area contributed by atoms with Crippen molar-refractivity contribution in [3.8, 4) is 0 Å². The van der Waals surface area contributed by atoms with Gasteiger partial charge in [0.2, 0.25) is 15.9 Å². The Morgan fingerprint density at radius 1 is 1.27 bits per heavy atom. The van der Waals surface area contributed by atoms with E-state index in [1.807, 2.05) is 0 Å². The quantitative estimate of drug-likeness (QED) is 0.750. The number of benzene rings is 1. The minimum absolute atomic E-state index is 0. The molecule has 1 amide bonds. The molecule has 0 heterocycles. The molecule has 4 N–H and O–H groups in total. The van der Waals surface area contributed by atoms with Gasteiger partial charge in [-0.3, -0.25) is 4.79 Å². The molecule has 1 saturated carbocycles. The van der Waals surface area contributed by atoms with Crippen LogP contribution < -0.4 is 15.8 Å². The van der Waals surface area contributed by atoms with Gasteiger partial charge in [-0.15, -0.1) is 12.4 Å². The molecule has 0 radical (unpaired) electrons. The summed E-state index contributed by atoms with van der Waals surface area (Å²) in [5.41, 5.74) is 6.24. The molecule has 6 nitrogen and oxygen atoms in total. The first-order chi connectivity index (χ1) is 9.92. The zero-order valence-electron chi connectivity index (χ0n) is 12.4. The molecule has 2 unspecified atom stereocenters. The summed E-state index contributed by atoms with van der Waals surface area (Å²) in [4.78, 5) is 11.1. The van der Waals surface area contributed by atoms with Crippen molar-refractivity contribution in [1.29, 1.82) is 0 Å². The monoisotopic (exact) mass is 347 g/mol. The second-order valence-electron chi connectivity index (χ2n) is 5.36. The predicted molar refractivity (Wildman–Crippen MR) is 88.5 cm³/mol. The molecule has 22 heavy (non-hydrogen) atoms. The zero-order valence-corrected chi connectivity index (χ0v) is 14.0. The Labute approximate surface area is 137 Å². The highest BCUT2D eigenvalue weighted by molar-refractivity contribution is 7.89. The Kier molecular flexibility index (Phi) is 6.80. The van der Waals surface area contributed by atoms with Gasteiger partial charge in [-0.2, -0.15) is 0 Å². The minimum Gasteiger partial charge on any atom is -0.330 e. The molecule has 2 rings (SSSR count). The summed E-state index contributed by atoms with van der Waals surface area (Å²) < 4.78 is 27.4. The molecular weight excluding hydrogens is 326 g/mol. The number of nitrogens with one attached hydrogen (secondary N) is 2. The van der Waals surface area contributed by atoms with Crippen LogP contribution in [0, 0.1) is 5.92 Å². The zero-order chi connectivity index (χ0) is 15.5. The molecule has 1 aromatic rings. The lowest BCUT2D eigenvalue weighted by Gasteiger charge is -2.19. The summed E-state index contributed by atoms with van der Waals surface area (Å²) in [5.74, 6) is 0.0129. The van der Waals surface area contributed by atoms with Crippen LogP contribution in [0.5, 0.6) is 0 Å². The fourth-order valence-electron chi connectivity index (χ4n) is 2.66. The topological polar surface area (TPSA) is 101 Å². The van der Waals surface area contributed by atoms with Crippen molar-refractivity contribution in [1.82, 2.24) is 4.72 Å². The number of halogens is 1. The Hall–Kier alpha value is -1.15. The highest BCUT2D eigenvalue weighted by atomic mass is 35.5. The van der Waals surface area contributed by atoms with E-state index in [2.05, 4.69) is 10.0 Å². The summed E-state index contributed by atoms with van der Waals surface area (Å²) in [6, 6.07) is 6.03. The minimum atomic E-state index is -3.55. The highest BCUT2D eigenvalue weighted by Gasteiger charge is 2.30. The fraction of sp³-hybridized carbons (Fsp3) is 0.500. The van der Waals surface area contributed by atoms with Crippen molar-refractivity contribution in [2.45, 2.75) is 37.1 Å². The number of amides is 1. The van der Waals surface area contributed by atoms with Crippen LogP contribution in [-0.4, -0.2) is 26.9 Å². The van der Waals surface area contributed by atoms with Crippen molar-refractivity contribution in [3.05, 3.63) is 24.3 Å². The molecule has 0 spiro atoms. The van der Waals surface area contributed by atoms with Gasteiger partial charge in [0.15, 0.2) is 0 Å². The summed E-state index contributed by atoms with van der Waals surface area (Å²) in [6.45, 7) is 1.90. The van der Waals surface area contributed by atoms with E-state index in [0.717, 1.165) is 19.3 Å². The van der Waals surface area contributed by atoms with Crippen molar-refractivity contribution >= 4 is 34.0 Å². The molecule has 8 heteroatoms. The van der Waals surface area contributed by atoms with Crippen LogP contribution in [0.15, 0.2) is 29.2 Å². The maximum Gasteiger partial charge on any atom is 0.240 e. The summed E-state index contributed by atoms with van der Waals surface area (Å²) in [7, 11) is -3.55. The molecule has 0 bridgehead atoms. The van der Waals surface area contributed by atoms with Gasteiger partial charge in [-0.25, -0.2) is 13.1 Å². The Bertz CT molecular complexity index is 604. The van der Waals surface area contributed by atoms with Crippen molar-refractivity contribution in [3.63, 3.8) is 0 Å². The lowest BCUT2D eigenvalue weighted by atomic mass is 10.1. The Morgan fingerprint density at radius 3 is 2.45 bits per heavy atom. The van der Waals surface area contributed by atoms with E-state index in [1.165, 1.54) is 19.1 Å². The van der Waals surface area contributed by atoms with E-state index in [4.69, 9.17) is 5.73 Å². The smallest absolute Gasteiger partial charge is 0.240 e. The van der Waals surface area contributed by atoms with Gasteiger partial charge < -0.3 is 11.1 Å². The van der Waals surface area contributed by atoms with E-state index < -0.39 is 10.0 Å². The molecule has 0 saturated heterocycles. The number of rotatable bonds is 5. The van der Waals surface area contributed by atoms with E-state index in [9.17, 15) is 13.2 Å². The van der Waals surface area contributed by atoms with Crippen LogP contribution >= 0.6 is 12.4 Å². The maximum atomic E-state index is 12.3. The SMILES string of the molecule is CC(=O)Nc1ccc(S(=O)(=O)NC2CCCC2CN)cc1.Cl. The van der Waals surface area contributed by atoms with E-state index in [-0.39, 0.29) is 35.2 Å². The fourth-order valence-corrected chi connectivity index (χ4v) is 4.00. The second-order valence-corrected chi connectivity index (χ2v) is 7.07. The van der Waals surface area contributed by atoms with Gasteiger partial charge in [0.05, 0.1) is 4.90 Å². The van der Waals surface area contributed by atoms with Gasteiger partial charge in [0, 0.05) is 18.7 Å². The van der Waals surface area contributed by atoms with E-state index in [1.54, 1.807) is 12.1 Å². The molecule has 1 aromatic carbocycles. The highest BCUT2D eigenvalue weighted by Crippen LogP contribution is 2.26. The average Bonchev–Trinajstić information content (AvgIpc) is 2.85. The molecule has 1 aliphatic rings. The third kappa shape index (κ3) is 4.67. The standard InChI is InChI=1S/C14H21N3O3S.ClH/c1-10(18)16-12-5-7-13(8-6-12)21(19,20)17-14-4-2-3-11(14)9-15;/h5-8,11,14,17H,2-4,9,15H2,1H3,(H,16,18);1H. The first-order valence-electron chi connectivity index (χ1n) is 7.02. The van der Waals surface area contributed by atoms with Gasteiger partial charge >= 0.3 is 0 Å². The Morgan fingerprint density at radius 2 is 1.91 bits per heavy atom. The van der Waals surface area contributed by atoms with E-state index >= 15 is 0 Å². The van der Waals surface area contributed by atoms with Crippen molar-refractivity contribution in [2.75, 3.05) is 11.9 Å².